The molecule has 182 valence electrons. The van der Waals surface area contributed by atoms with Gasteiger partial charge in [0.05, 0.1) is 10.6 Å². The Balaban J connectivity index is 0.000000228. The molecule has 13 heteroatoms. The van der Waals surface area contributed by atoms with Crippen LogP contribution >= 0.6 is 31.9 Å². The Morgan fingerprint density at radius 2 is 1.36 bits per heavy atom. The number of halogens is 2. The minimum absolute atomic E-state index is 0. The molecule has 0 spiro atoms. The van der Waals surface area contributed by atoms with Crippen LogP contribution in [-0.4, -0.2) is 91.1 Å². The fourth-order valence-corrected chi connectivity index (χ4v) is 4.09. The topological polar surface area (TPSA) is 108 Å². The standard InChI is InChI=1S/C10H13BrN4O2.C10H15BrN4.Fe/c1-13(2)8-5-14(6-8)10-9(15(16)17)3-7(11)4-12-10;1-14(2)8-5-15(6-8)10-9(12)3-7(11)4-13-10;/h3-4,8H,5-6H2,1-2H3;3-4,8H,5-6,12H2,1-2H3;. The molecule has 0 saturated carbocycles. The van der Waals surface area contributed by atoms with Crippen LogP contribution in [0.1, 0.15) is 0 Å². The number of pyridine rings is 2. The number of likely N-dealkylation sites (N-methyl/N-ethyl adjacent to an activating group) is 2. The van der Waals surface area contributed by atoms with E-state index < -0.39 is 4.92 Å². The normalized spacial score (nSPS) is 16.0. The molecule has 10 nitrogen and oxygen atoms in total. The van der Waals surface area contributed by atoms with E-state index in [0.29, 0.717) is 22.4 Å². The van der Waals surface area contributed by atoms with Gasteiger partial charge in [0.2, 0.25) is 5.82 Å². The first-order chi connectivity index (χ1) is 15.1. The molecule has 0 aromatic carbocycles. The van der Waals surface area contributed by atoms with Crippen molar-refractivity contribution in [2.45, 2.75) is 12.1 Å². The van der Waals surface area contributed by atoms with Crippen molar-refractivity contribution in [3.05, 3.63) is 43.6 Å². The van der Waals surface area contributed by atoms with Gasteiger partial charge in [-0.1, -0.05) is 0 Å². The maximum atomic E-state index is 10.9. The van der Waals surface area contributed by atoms with E-state index in [9.17, 15) is 10.1 Å². The average molecular weight is 628 g/mol. The van der Waals surface area contributed by atoms with Crippen molar-refractivity contribution < 1.29 is 22.0 Å². The number of nitrogen functional groups attached to an aromatic ring is 1. The van der Waals surface area contributed by atoms with Crippen molar-refractivity contribution in [2.75, 3.05) is 69.9 Å². The van der Waals surface area contributed by atoms with Gasteiger partial charge in [-0.3, -0.25) is 10.1 Å². The molecule has 4 heterocycles. The summed E-state index contributed by atoms with van der Waals surface area (Å²) in [6, 6.07) is 4.45. The number of rotatable bonds is 5. The second-order valence-electron chi connectivity index (χ2n) is 8.36. The Kier molecular flexibility index (Phi) is 9.89. The van der Waals surface area contributed by atoms with E-state index >= 15 is 0 Å². The Labute approximate surface area is 221 Å². The second kappa shape index (κ2) is 11.8. The first-order valence-corrected chi connectivity index (χ1v) is 11.7. The van der Waals surface area contributed by atoms with Crippen molar-refractivity contribution in [1.29, 1.82) is 0 Å². The summed E-state index contributed by atoms with van der Waals surface area (Å²) in [5, 5.41) is 10.9. The van der Waals surface area contributed by atoms with E-state index in [2.05, 4.69) is 70.6 Å². The summed E-state index contributed by atoms with van der Waals surface area (Å²) in [6.45, 7) is 3.57. The summed E-state index contributed by atoms with van der Waals surface area (Å²) < 4.78 is 1.55. The van der Waals surface area contributed by atoms with Crippen LogP contribution in [0.25, 0.3) is 0 Å². The zero-order valence-corrected chi connectivity index (χ0v) is 23.2. The smallest absolute Gasteiger partial charge is 0.312 e. The fourth-order valence-electron chi connectivity index (χ4n) is 3.42. The van der Waals surface area contributed by atoms with Crippen LogP contribution in [0.5, 0.6) is 0 Å². The van der Waals surface area contributed by atoms with E-state index in [4.69, 9.17) is 5.73 Å². The summed E-state index contributed by atoms with van der Waals surface area (Å²) >= 11 is 6.55. The summed E-state index contributed by atoms with van der Waals surface area (Å²) in [5.41, 5.74) is 6.70. The van der Waals surface area contributed by atoms with Crippen LogP contribution in [0.3, 0.4) is 0 Å². The summed E-state index contributed by atoms with van der Waals surface area (Å²) in [7, 11) is 8.21. The number of hydrogen-bond donors (Lipinski definition) is 1. The van der Waals surface area contributed by atoms with E-state index in [-0.39, 0.29) is 22.8 Å². The largest absolute Gasteiger partial charge is 0.396 e. The summed E-state index contributed by atoms with van der Waals surface area (Å²) in [6.07, 6.45) is 3.38. The Morgan fingerprint density at radius 3 is 1.79 bits per heavy atom. The monoisotopic (exact) mass is 626 g/mol. The van der Waals surface area contributed by atoms with Crippen LogP contribution in [0.15, 0.2) is 33.5 Å². The summed E-state index contributed by atoms with van der Waals surface area (Å²) in [5.74, 6) is 1.35. The number of nitrogens with two attached hydrogens (primary N) is 1. The van der Waals surface area contributed by atoms with Gasteiger partial charge in [0.15, 0.2) is 5.82 Å². The number of anilines is 3. The molecule has 2 saturated heterocycles. The molecule has 2 aromatic heterocycles. The predicted molar refractivity (Wildman–Crippen MR) is 134 cm³/mol. The van der Waals surface area contributed by atoms with Crippen LogP contribution in [0.4, 0.5) is 23.0 Å². The second-order valence-corrected chi connectivity index (χ2v) is 10.2. The average Bonchev–Trinajstić information content (AvgIpc) is 2.62. The molecule has 33 heavy (non-hydrogen) atoms. The fraction of sp³-hybridized carbons (Fsp3) is 0.500. The third-order valence-electron chi connectivity index (χ3n) is 5.66. The van der Waals surface area contributed by atoms with Gasteiger partial charge in [-0.05, 0) is 66.1 Å². The third-order valence-corrected chi connectivity index (χ3v) is 6.52. The zero-order valence-electron chi connectivity index (χ0n) is 18.9. The molecule has 0 radical (unpaired) electrons. The van der Waals surface area contributed by atoms with E-state index in [0.717, 1.165) is 42.2 Å². The number of hydrogen-bond acceptors (Lipinski definition) is 9. The van der Waals surface area contributed by atoms with Crippen molar-refractivity contribution in [2.24, 2.45) is 0 Å². The molecule has 2 aliphatic heterocycles. The molecule has 2 fully saturated rings. The van der Waals surface area contributed by atoms with E-state index in [1.807, 2.05) is 25.1 Å². The Morgan fingerprint density at radius 1 is 0.939 bits per heavy atom. The van der Waals surface area contributed by atoms with Crippen LogP contribution < -0.4 is 15.5 Å². The van der Waals surface area contributed by atoms with Crippen molar-refractivity contribution in [3.63, 3.8) is 0 Å². The molecule has 0 atom stereocenters. The minimum Gasteiger partial charge on any atom is -0.396 e. The Hall–Kier alpha value is -1.50. The molecule has 0 bridgehead atoms. The molecular formula is C20H28Br2FeN8O2. The maximum absolute atomic E-state index is 10.9. The Bertz CT molecular complexity index is 969. The van der Waals surface area contributed by atoms with Crippen molar-refractivity contribution in [3.8, 4) is 0 Å². The van der Waals surface area contributed by atoms with Gasteiger partial charge in [-0.2, -0.15) is 0 Å². The SMILES string of the molecule is CN(C)C1CN(c2ncc(Br)cc2N)C1.CN(C)C1CN(c2ncc(Br)cc2[N+](=O)[O-])C1.[Fe]. The number of aromatic nitrogens is 2. The minimum atomic E-state index is -0.393. The van der Waals surface area contributed by atoms with Gasteiger partial charge >= 0.3 is 5.69 Å². The van der Waals surface area contributed by atoms with Gasteiger partial charge < -0.3 is 25.3 Å². The molecule has 2 aromatic rings. The van der Waals surface area contributed by atoms with Crippen LogP contribution in [-0.2, 0) is 17.1 Å². The quantitative estimate of drug-likeness (QED) is 0.304. The maximum Gasteiger partial charge on any atom is 0.312 e. The molecule has 0 aliphatic carbocycles. The first-order valence-electron chi connectivity index (χ1n) is 10.1. The molecule has 0 amide bonds. The predicted octanol–water partition coefficient (Wildman–Crippen LogP) is 2.68. The van der Waals surface area contributed by atoms with E-state index in [1.54, 1.807) is 12.4 Å². The van der Waals surface area contributed by atoms with Gasteiger partial charge in [-0.25, -0.2) is 9.97 Å². The molecular weight excluding hydrogens is 600 g/mol. The van der Waals surface area contributed by atoms with Gasteiger partial charge in [0.1, 0.15) is 0 Å². The zero-order chi connectivity index (χ0) is 23.6. The van der Waals surface area contributed by atoms with Gasteiger partial charge in [0.25, 0.3) is 0 Å². The van der Waals surface area contributed by atoms with Gasteiger partial charge in [0, 0.05) is 82.7 Å². The van der Waals surface area contributed by atoms with Crippen LogP contribution in [0.2, 0.25) is 0 Å². The van der Waals surface area contributed by atoms with Gasteiger partial charge in [-0.15, -0.1) is 0 Å². The third kappa shape index (κ3) is 6.77. The van der Waals surface area contributed by atoms with Crippen molar-refractivity contribution >= 4 is 54.9 Å². The molecule has 4 rings (SSSR count). The molecule has 2 aliphatic rings. The molecule has 0 unspecified atom stereocenters. The summed E-state index contributed by atoms with van der Waals surface area (Å²) in [4.78, 5) is 27.5. The number of nitrogens with zero attached hydrogens (tertiary/aromatic N) is 7. The van der Waals surface area contributed by atoms with E-state index in [1.165, 1.54) is 6.07 Å². The number of nitro groups is 1. The van der Waals surface area contributed by atoms with Crippen molar-refractivity contribution in [1.82, 2.24) is 19.8 Å². The first kappa shape index (κ1) is 27.7. The van der Waals surface area contributed by atoms with Crippen LogP contribution in [0, 0.1) is 10.1 Å². The molecule has 2 N–H and O–H groups in total.